The lowest BCUT2D eigenvalue weighted by Gasteiger charge is -2.28. The minimum atomic E-state index is -1.46. The average Bonchev–Trinajstić information content (AvgIpc) is 3.44. The Morgan fingerprint density at radius 2 is 1.27 bits per heavy atom. The first-order valence-corrected chi connectivity index (χ1v) is 12.8. The normalized spacial score (nSPS) is 19.7. The molecule has 0 aliphatic carbocycles. The number of rotatable bonds is 19. The SMILES string of the molecule is CCCCCCCCCCCCC1(CCCCCc2ccco2)O[C@@H](C(=O)O)[C@H](C(=O)O)O1. The van der Waals surface area contributed by atoms with E-state index in [0.717, 1.165) is 50.7 Å². The Labute approximate surface area is 197 Å². The molecule has 1 fully saturated rings. The molecule has 1 aliphatic rings. The van der Waals surface area contributed by atoms with Crippen LogP contribution in [0.15, 0.2) is 22.8 Å². The van der Waals surface area contributed by atoms with E-state index in [4.69, 9.17) is 13.9 Å². The molecule has 0 aromatic carbocycles. The van der Waals surface area contributed by atoms with Crippen molar-refractivity contribution in [2.24, 2.45) is 0 Å². The van der Waals surface area contributed by atoms with Crippen LogP contribution in [-0.4, -0.2) is 40.1 Å². The van der Waals surface area contributed by atoms with Crippen molar-refractivity contribution in [1.29, 1.82) is 0 Å². The molecule has 0 unspecified atom stereocenters. The van der Waals surface area contributed by atoms with Gasteiger partial charge in [-0.15, -0.1) is 0 Å². The number of furan rings is 1. The molecule has 1 aromatic rings. The fourth-order valence-corrected chi connectivity index (χ4v) is 4.54. The molecule has 0 amide bonds. The highest BCUT2D eigenvalue weighted by Gasteiger charge is 2.53. The van der Waals surface area contributed by atoms with Crippen LogP contribution >= 0.6 is 0 Å². The summed E-state index contributed by atoms with van der Waals surface area (Å²) in [5.74, 6) is -2.76. The van der Waals surface area contributed by atoms with E-state index < -0.39 is 29.9 Å². The van der Waals surface area contributed by atoms with Gasteiger partial charge in [-0.05, 0) is 31.4 Å². The zero-order valence-electron chi connectivity index (χ0n) is 20.1. The number of aliphatic carboxylic acids is 2. The monoisotopic (exact) mass is 466 g/mol. The van der Waals surface area contributed by atoms with E-state index in [-0.39, 0.29) is 0 Å². The van der Waals surface area contributed by atoms with Gasteiger partial charge in [0.05, 0.1) is 6.26 Å². The maximum atomic E-state index is 11.6. The summed E-state index contributed by atoms with van der Waals surface area (Å²) in [4.78, 5) is 23.2. The second kappa shape index (κ2) is 15.1. The first-order valence-electron chi connectivity index (χ1n) is 12.8. The molecule has 1 aliphatic heterocycles. The summed E-state index contributed by atoms with van der Waals surface area (Å²) in [5.41, 5.74) is 0. The van der Waals surface area contributed by atoms with E-state index in [1.165, 1.54) is 44.9 Å². The first kappa shape index (κ1) is 27.4. The quantitative estimate of drug-likeness (QED) is 0.229. The molecule has 188 valence electrons. The summed E-state index contributed by atoms with van der Waals surface area (Å²) in [6.07, 6.45) is 15.1. The molecule has 0 spiro atoms. The van der Waals surface area contributed by atoms with Crippen molar-refractivity contribution in [3.63, 3.8) is 0 Å². The maximum absolute atomic E-state index is 11.6. The molecule has 2 heterocycles. The van der Waals surface area contributed by atoms with E-state index >= 15 is 0 Å². The molecule has 7 heteroatoms. The van der Waals surface area contributed by atoms with Crippen molar-refractivity contribution in [3.05, 3.63) is 24.2 Å². The van der Waals surface area contributed by atoms with Gasteiger partial charge in [0.15, 0.2) is 18.0 Å². The van der Waals surface area contributed by atoms with Crippen LogP contribution in [0.3, 0.4) is 0 Å². The van der Waals surface area contributed by atoms with Crippen molar-refractivity contribution < 1.29 is 33.7 Å². The van der Waals surface area contributed by atoms with E-state index in [1.54, 1.807) is 6.26 Å². The molecule has 7 nitrogen and oxygen atoms in total. The second-order valence-electron chi connectivity index (χ2n) is 9.24. The van der Waals surface area contributed by atoms with Gasteiger partial charge in [-0.2, -0.15) is 0 Å². The molecule has 0 bridgehead atoms. The van der Waals surface area contributed by atoms with Crippen LogP contribution in [0.5, 0.6) is 0 Å². The Bertz CT molecular complexity index is 648. The minimum absolute atomic E-state index is 0.496. The van der Waals surface area contributed by atoms with Gasteiger partial charge in [-0.25, -0.2) is 9.59 Å². The predicted molar refractivity (Wildman–Crippen MR) is 125 cm³/mol. The van der Waals surface area contributed by atoms with Crippen molar-refractivity contribution in [2.75, 3.05) is 0 Å². The van der Waals surface area contributed by atoms with Crippen LogP contribution in [0.4, 0.5) is 0 Å². The van der Waals surface area contributed by atoms with E-state index in [9.17, 15) is 19.8 Å². The summed E-state index contributed by atoms with van der Waals surface area (Å²) in [5, 5.41) is 18.9. The summed E-state index contributed by atoms with van der Waals surface area (Å²) < 4.78 is 16.9. The zero-order valence-corrected chi connectivity index (χ0v) is 20.1. The highest BCUT2D eigenvalue weighted by molar-refractivity contribution is 5.84. The predicted octanol–water partition coefficient (Wildman–Crippen LogP) is 6.34. The molecular formula is C26H42O7. The smallest absolute Gasteiger partial charge is 0.336 e. The van der Waals surface area contributed by atoms with Gasteiger partial charge in [0.25, 0.3) is 0 Å². The Morgan fingerprint density at radius 3 is 1.73 bits per heavy atom. The number of carboxylic acids is 2. The topological polar surface area (TPSA) is 106 Å². The first-order chi connectivity index (χ1) is 16.0. The van der Waals surface area contributed by atoms with Crippen molar-refractivity contribution in [3.8, 4) is 0 Å². The molecule has 1 aromatic heterocycles. The maximum Gasteiger partial charge on any atom is 0.336 e. The van der Waals surface area contributed by atoms with Crippen LogP contribution in [-0.2, 0) is 25.5 Å². The summed E-state index contributed by atoms with van der Waals surface area (Å²) in [6, 6.07) is 3.82. The van der Waals surface area contributed by atoms with Gasteiger partial charge in [-0.1, -0.05) is 71.1 Å². The van der Waals surface area contributed by atoms with Crippen molar-refractivity contribution in [2.45, 2.75) is 128 Å². The van der Waals surface area contributed by atoms with Crippen molar-refractivity contribution >= 4 is 11.9 Å². The van der Waals surface area contributed by atoms with Gasteiger partial charge in [0, 0.05) is 19.3 Å². The third-order valence-corrected chi connectivity index (χ3v) is 6.42. The summed E-state index contributed by atoms with van der Waals surface area (Å²) in [7, 11) is 0. The lowest BCUT2D eigenvalue weighted by molar-refractivity contribution is -0.195. The zero-order chi connectivity index (χ0) is 23.9. The number of carbonyl (C=O) groups is 2. The number of ether oxygens (including phenoxy) is 2. The highest BCUT2D eigenvalue weighted by Crippen LogP contribution is 2.38. The van der Waals surface area contributed by atoms with Crippen molar-refractivity contribution in [1.82, 2.24) is 0 Å². The Kier molecular flexibility index (Phi) is 12.5. The molecule has 0 saturated carbocycles. The highest BCUT2D eigenvalue weighted by atomic mass is 16.8. The molecular weight excluding hydrogens is 424 g/mol. The fraction of sp³-hybridized carbons (Fsp3) is 0.769. The molecule has 2 rings (SSSR count). The van der Waals surface area contributed by atoms with Crippen LogP contribution in [0.2, 0.25) is 0 Å². The molecule has 33 heavy (non-hydrogen) atoms. The Balaban J connectivity index is 1.77. The standard InChI is InChI=1S/C26H42O7/c1-2-3-4-5-6-7-8-9-10-13-18-26(19-14-11-12-16-21-17-15-20-31-21)32-22(24(27)28)23(33-26)25(29)30/h15,17,20,22-23H,2-14,16,18-19H2,1H3,(H,27,28)(H,29,30)/t22-,23-/m1/s1. The Morgan fingerprint density at radius 1 is 0.788 bits per heavy atom. The minimum Gasteiger partial charge on any atom is -0.479 e. The average molecular weight is 467 g/mol. The van der Waals surface area contributed by atoms with Gasteiger partial charge < -0.3 is 24.1 Å². The van der Waals surface area contributed by atoms with Crippen LogP contribution in [0, 0.1) is 0 Å². The van der Waals surface area contributed by atoms with E-state index in [2.05, 4.69) is 6.92 Å². The third kappa shape index (κ3) is 9.88. The second-order valence-corrected chi connectivity index (χ2v) is 9.24. The van der Waals surface area contributed by atoms with Gasteiger partial charge in [0.1, 0.15) is 5.76 Å². The number of aryl methyl sites for hydroxylation is 1. The lowest BCUT2D eigenvalue weighted by atomic mass is 9.99. The Hall–Kier alpha value is -1.86. The molecule has 2 atom stereocenters. The summed E-state index contributed by atoms with van der Waals surface area (Å²) >= 11 is 0. The molecule has 0 radical (unpaired) electrons. The van der Waals surface area contributed by atoms with Crippen LogP contribution in [0.1, 0.15) is 109 Å². The number of hydrogen-bond donors (Lipinski definition) is 2. The van der Waals surface area contributed by atoms with E-state index in [1.807, 2.05) is 12.1 Å². The fourth-order valence-electron chi connectivity index (χ4n) is 4.54. The summed E-state index contributed by atoms with van der Waals surface area (Å²) in [6.45, 7) is 2.23. The van der Waals surface area contributed by atoms with Gasteiger partial charge in [-0.3, -0.25) is 0 Å². The van der Waals surface area contributed by atoms with E-state index in [0.29, 0.717) is 12.8 Å². The molecule has 1 saturated heterocycles. The lowest BCUT2D eigenvalue weighted by Crippen LogP contribution is -2.36. The number of carboxylic acid groups (broad SMARTS) is 2. The number of unbranched alkanes of at least 4 members (excludes halogenated alkanes) is 11. The van der Waals surface area contributed by atoms with Crippen LogP contribution in [0.25, 0.3) is 0 Å². The largest absolute Gasteiger partial charge is 0.479 e. The van der Waals surface area contributed by atoms with Gasteiger partial charge >= 0.3 is 11.9 Å². The van der Waals surface area contributed by atoms with Crippen LogP contribution < -0.4 is 0 Å². The van der Waals surface area contributed by atoms with Gasteiger partial charge in [0.2, 0.25) is 0 Å². The molecule has 2 N–H and O–H groups in total. The number of hydrogen-bond acceptors (Lipinski definition) is 5. The third-order valence-electron chi connectivity index (χ3n) is 6.42.